The highest BCUT2D eigenvalue weighted by atomic mass is 79.9. The van der Waals surface area contributed by atoms with Crippen molar-refractivity contribution in [3.8, 4) is 11.1 Å². The Kier molecular flexibility index (Phi) is 3.43. The molecule has 0 nitrogen and oxygen atoms in total. The Balaban J connectivity index is 2.02. The minimum Gasteiger partial charge on any atom is -0.0736 e. The van der Waals surface area contributed by atoms with Gasteiger partial charge in [-0.05, 0) is 52.9 Å². The summed E-state index contributed by atoms with van der Waals surface area (Å²) in [6, 6.07) is 13.4. The fourth-order valence-corrected chi connectivity index (χ4v) is 4.70. The molecule has 0 amide bonds. The third-order valence-corrected chi connectivity index (χ3v) is 6.00. The van der Waals surface area contributed by atoms with E-state index in [1.165, 1.54) is 22.3 Å². The Morgan fingerprint density at radius 3 is 1.82 bits per heavy atom. The van der Waals surface area contributed by atoms with E-state index in [0.29, 0.717) is 5.92 Å². The highest BCUT2D eigenvalue weighted by molar-refractivity contribution is 9.10. The zero-order chi connectivity index (χ0) is 15.3. The summed E-state index contributed by atoms with van der Waals surface area (Å²) in [5.41, 5.74) is 5.69. The zero-order valence-electron chi connectivity index (χ0n) is 12.3. The molecule has 0 N–H and O–H groups in total. The number of hydrogen-bond acceptors (Lipinski definition) is 0. The molecule has 2 aromatic carbocycles. The van der Waals surface area contributed by atoms with E-state index in [2.05, 4.69) is 99.5 Å². The molecular formula is C20H16Br2. The van der Waals surface area contributed by atoms with Crippen LogP contribution in [0.1, 0.15) is 30.4 Å². The highest BCUT2D eigenvalue weighted by Gasteiger charge is 2.42. The lowest BCUT2D eigenvalue weighted by molar-refractivity contribution is 0.425. The Labute approximate surface area is 148 Å². The molecule has 0 radical (unpaired) electrons. The fraction of sp³-hybridized carbons (Fsp3) is 0.200. The Morgan fingerprint density at radius 1 is 0.864 bits per heavy atom. The average molecular weight is 416 g/mol. The van der Waals surface area contributed by atoms with Crippen molar-refractivity contribution in [3.05, 3.63) is 80.8 Å². The van der Waals surface area contributed by atoms with Gasteiger partial charge in [0.15, 0.2) is 0 Å². The molecular weight excluding hydrogens is 400 g/mol. The molecule has 0 spiro atoms. The van der Waals surface area contributed by atoms with Crippen LogP contribution in [0.25, 0.3) is 11.1 Å². The molecule has 0 bridgehead atoms. The summed E-state index contributed by atoms with van der Waals surface area (Å²) >= 11 is 7.31. The van der Waals surface area contributed by atoms with E-state index in [1.54, 1.807) is 0 Å². The first-order valence-electron chi connectivity index (χ1n) is 7.61. The predicted octanol–water partition coefficient (Wildman–Crippen LogP) is 6.85. The summed E-state index contributed by atoms with van der Waals surface area (Å²) in [5, 5.41) is 0. The fourth-order valence-electron chi connectivity index (χ4n) is 3.94. The first-order chi connectivity index (χ1) is 10.6. The normalized spacial score (nSPS) is 17.8. The lowest BCUT2D eigenvalue weighted by Crippen LogP contribution is -2.22. The minimum absolute atomic E-state index is 0.0849. The predicted molar refractivity (Wildman–Crippen MR) is 100 cm³/mol. The second kappa shape index (κ2) is 5.21. The molecule has 2 heteroatoms. The molecule has 0 unspecified atom stereocenters. The maximum Gasteiger partial charge on any atom is 0.0228 e. The molecule has 2 aromatic rings. The van der Waals surface area contributed by atoms with E-state index in [0.717, 1.165) is 15.4 Å². The second-order valence-corrected chi connectivity index (χ2v) is 7.91. The van der Waals surface area contributed by atoms with E-state index in [1.807, 2.05) is 0 Å². The van der Waals surface area contributed by atoms with Gasteiger partial charge in [0.2, 0.25) is 0 Å². The Bertz CT molecular complexity index is 751. The van der Waals surface area contributed by atoms with Gasteiger partial charge >= 0.3 is 0 Å². The summed E-state index contributed by atoms with van der Waals surface area (Å²) in [4.78, 5) is 0. The molecule has 0 aromatic heterocycles. The maximum absolute atomic E-state index is 3.65. The summed E-state index contributed by atoms with van der Waals surface area (Å²) in [5.74, 6) is 0.382. The summed E-state index contributed by atoms with van der Waals surface area (Å²) in [6.45, 7) is 2.29. The molecule has 0 heterocycles. The lowest BCUT2D eigenvalue weighted by Gasteiger charge is -2.33. The van der Waals surface area contributed by atoms with Crippen molar-refractivity contribution < 1.29 is 0 Å². The number of hydrogen-bond donors (Lipinski definition) is 0. The van der Waals surface area contributed by atoms with Gasteiger partial charge in [0, 0.05) is 20.3 Å². The second-order valence-electron chi connectivity index (χ2n) is 6.08. The van der Waals surface area contributed by atoms with Crippen molar-refractivity contribution in [2.45, 2.75) is 19.3 Å². The van der Waals surface area contributed by atoms with E-state index in [4.69, 9.17) is 0 Å². The Hall–Kier alpha value is -1.12. The van der Waals surface area contributed by atoms with Gasteiger partial charge < -0.3 is 0 Å². The van der Waals surface area contributed by atoms with Crippen LogP contribution in [-0.2, 0) is 0 Å². The third kappa shape index (κ3) is 2.00. The van der Waals surface area contributed by atoms with Gasteiger partial charge in [-0.2, -0.15) is 0 Å². The largest absolute Gasteiger partial charge is 0.0736 e. The van der Waals surface area contributed by atoms with Crippen LogP contribution in [0.3, 0.4) is 0 Å². The smallest absolute Gasteiger partial charge is 0.0228 e. The molecule has 4 rings (SSSR count). The maximum atomic E-state index is 3.65. The topological polar surface area (TPSA) is 0 Å². The van der Waals surface area contributed by atoms with Crippen LogP contribution in [0.5, 0.6) is 0 Å². The van der Waals surface area contributed by atoms with Gasteiger partial charge in [-0.3, -0.25) is 0 Å². The van der Waals surface area contributed by atoms with E-state index in [9.17, 15) is 0 Å². The van der Waals surface area contributed by atoms with Crippen LogP contribution in [0.4, 0.5) is 0 Å². The number of benzene rings is 2. The van der Waals surface area contributed by atoms with E-state index in [-0.39, 0.29) is 5.41 Å². The molecule has 0 fully saturated rings. The van der Waals surface area contributed by atoms with Gasteiger partial charge in [-0.25, -0.2) is 0 Å². The van der Waals surface area contributed by atoms with Crippen LogP contribution in [0, 0.1) is 5.41 Å². The molecule has 22 heavy (non-hydrogen) atoms. The van der Waals surface area contributed by atoms with Gasteiger partial charge in [0.25, 0.3) is 0 Å². The van der Waals surface area contributed by atoms with E-state index < -0.39 is 0 Å². The standard InChI is InChI=1S/C20H16Br2/c1-2-20(9-3-4-10-20)19-17-11-13(21)5-7-15(17)16-8-6-14(22)12-18(16)19/h3-12,19H,2H2,1H3. The van der Waals surface area contributed by atoms with Crippen LogP contribution >= 0.6 is 31.9 Å². The van der Waals surface area contributed by atoms with Crippen molar-refractivity contribution in [1.29, 1.82) is 0 Å². The molecule has 2 aliphatic carbocycles. The molecule has 2 aliphatic rings. The number of rotatable bonds is 2. The monoisotopic (exact) mass is 414 g/mol. The van der Waals surface area contributed by atoms with Crippen LogP contribution in [-0.4, -0.2) is 0 Å². The molecule has 110 valence electrons. The minimum atomic E-state index is 0.0849. The van der Waals surface area contributed by atoms with Gasteiger partial charge in [0.05, 0.1) is 0 Å². The summed E-state index contributed by atoms with van der Waals surface area (Å²) < 4.78 is 2.31. The quantitative estimate of drug-likeness (QED) is 0.503. The van der Waals surface area contributed by atoms with Crippen molar-refractivity contribution >= 4 is 31.9 Å². The lowest BCUT2D eigenvalue weighted by atomic mass is 9.70. The van der Waals surface area contributed by atoms with Crippen LogP contribution in [0.15, 0.2) is 69.6 Å². The molecule has 0 atom stereocenters. The average Bonchev–Trinajstić information content (AvgIpc) is 3.09. The number of fused-ring (bicyclic) bond motifs is 3. The summed E-state index contributed by atoms with van der Waals surface area (Å²) in [7, 11) is 0. The zero-order valence-corrected chi connectivity index (χ0v) is 15.5. The van der Waals surface area contributed by atoms with Crippen LogP contribution in [0.2, 0.25) is 0 Å². The van der Waals surface area contributed by atoms with Crippen molar-refractivity contribution in [2.24, 2.45) is 5.41 Å². The molecule has 0 aliphatic heterocycles. The van der Waals surface area contributed by atoms with Gasteiger partial charge in [0.1, 0.15) is 0 Å². The van der Waals surface area contributed by atoms with Crippen molar-refractivity contribution in [1.82, 2.24) is 0 Å². The van der Waals surface area contributed by atoms with Gasteiger partial charge in [-0.15, -0.1) is 0 Å². The number of halogens is 2. The van der Waals surface area contributed by atoms with Crippen LogP contribution < -0.4 is 0 Å². The summed E-state index contributed by atoms with van der Waals surface area (Å²) in [6.07, 6.45) is 10.2. The van der Waals surface area contributed by atoms with Gasteiger partial charge in [-0.1, -0.05) is 75.2 Å². The first kappa shape index (κ1) is 14.5. The third-order valence-electron chi connectivity index (χ3n) is 5.01. The molecule has 0 saturated carbocycles. The SMILES string of the molecule is CCC1(C2c3cc(Br)ccc3-c3ccc(Br)cc32)C=CC=C1. The first-order valence-corrected chi connectivity index (χ1v) is 9.19. The number of allylic oxidation sites excluding steroid dienone is 4. The van der Waals surface area contributed by atoms with Crippen molar-refractivity contribution in [3.63, 3.8) is 0 Å². The molecule has 0 saturated heterocycles. The highest BCUT2D eigenvalue weighted by Crippen LogP contribution is 2.57. The van der Waals surface area contributed by atoms with Crippen molar-refractivity contribution in [2.75, 3.05) is 0 Å². The van der Waals surface area contributed by atoms with E-state index >= 15 is 0 Å². The Morgan fingerprint density at radius 2 is 1.36 bits per heavy atom.